The van der Waals surface area contributed by atoms with Gasteiger partial charge in [-0.3, -0.25) is 4.79 Å². The molecule has 0 saturated heterocycles. The maximum atomic E-state index is 11.8. The van der Waals surface area contributed by atoms with E-state index < -0.39 is 5.97 Å². The molecule has 0 bridgehead atoms. The van der Waals surface area contributed by atoms with Crippen LogP contribution in [0, 0.1) is 0 Å². The first kappa shape index (κ1) is 17.0. The third-order valence-corrected chi connectivity index (χ3v) is 5.28. The fraction of sp³-hybridized carbons (Fsp3) is 0.188. The number of thiazole rings is 1. The summed E-state index contributed by atoms with van der Waals surface area (Å²) in [6, 6.07) is 11.0. The van der Waals surface area contributed by atoms with Gasteiger partial charge in [-0.2, -0.15) is 0 Å². The summed E-state index contributed by atoms with van der Waals surface area (Å²) in [5, 5.41) is 0.785. The zero-order valence-corrected chi connectivity index (χ0v) is 14.7. The number of halogens is 1. The smallest absolute Gasteiger partial charge is 0.332 e. The van der Waals surface area contributed by atoms with Gasteiger partial charge in [-0.25, -0.2) is 9.78 Å². The number of nitrogens with zero attached hydrogens (tertiary/aromatic N) is 1. The van der Waals surface area contributed by atoms with Gasteiger partial charge in [0.05, 0.1) is 26.0 Å². The van der Waals surface area contributed by atoms with Crippen LogP contribution in [0.4, 0.5) is 0 Å². The van der Waals surface area contributed by atoms with E-state index in [1.54, 1.807) is 12.1 Å². The Hall–Kier alpha value is -1.80. The molecular formula is C16H12ClNO4S2. The van der Waals surface area contributed by atoms with E-state index in [2.05, 4.69) is 4.98 Å². The van der Waals surface area contributed by atoms with Gasteiger partial charge in [-0.15, -0.1) is 22.7 Å². The number of fused-ring (bicyclic) bond motifs is 1. The fourth-order valence-electron chi connectivity index (χ4n) is 1.93. The first-order valence-electron chi connectivity index (χ1n) is 6.98. The van der Waals surface area contributed by atoms with E-state index in [0.29, 0.717) is 9.21 Å². The highest BCUT2D eigenvalue weighted by molar-refractivity contribution is 7.18. The Labute approximate surface area is 150 Å². The molecule has 24 heavy (non-hydrogen) atoms. The molecule has 0 atom stereocenters. The van der Waals surface area contributed by atoms with E-state index in [1.807, 2.05) is 24.3 Å². The lowest BCUT2D eigenvalue weighted by atomic mass is 10.3. The second-order valence-electron chi connectivity index (χ2n) is 4.76. The van der Waals surface area contributed by atoms with Gasteiger partial charge in [0.25, 0.3) is 0 Å². The summed E-state index contributed by atoms with van der Waals surface area (Å²) in [7, 11) is 0. The van der Waals surface area contributed by atoms with Crippen LogP contribution in [0.25, 0.3) is 10.2 Å². The molecule has 0 unspecified atom stereocenters. The maximum absolute atomic E-state index is 11.8. The molecule has 0 fully saturated rings. The van der Waals surface area contributed by atoms with E-state index in [9.17, 15) is 9.59 Å². The Kier molecular flexibility index (Phi) is 5.57. The standard InChI is InChI=1S/C16H12ClNO4S2/c17-14-6-5-13(23-14)11(19)7-22-16(20)9-21-8-15-18-10-3-1-2-4-12(10)24-15/h1-6H,7-9H2. The predicted molar refractivity (Wildman–Crippen MR) is 93.9 cm³/mol. The van der Waals surface area contributed by atoms with Gasteiger partial charge in [0.1, 0.15) is 11.6 Å². The SMILES string of the molecule is O=C(COCc1nc2ccccc2s1)OCC(=O)c1ccc(Cl)s1. The number of rotatable bonds is 7. The minimum Gasteiger partial charge on any atom is -0.456 e. The summed E-state index contributed by atoms with van der Waals surface area (Å²) in [6.45, 7) is -0.322. The number of esters is 1. The van der Waals surface area contributed by atoms with Crippen molar-refractivity contribution in [1.29, 1.82) is 0 Å². The van der Waals surface area contributed by atoms with Gasteiger partial charge < -0.3 is 9.47 Å². The minimum atomic E-state index is -0.591. The molecule has 0 amide bonds. The van der Waals surface area contributed by atoms with Crippen molar-refractivity contribution in [2.45, 2.75) is 6.61 Å². The largest absolute Gasteiger partial charge is 0.456 e. The normalized spacial score (nSPS) is 10.9. The number of thiophene rings is 1. The lowest BCUT2D eigenvalue weighted by Gasteiger charge is -2.03. The van der Waals surface area contributed by atoms with Crippen molar-refractivity contribution >= 4 is 56.2 Å². The molecule has 2 heterocycles. The topological polar surface area (TPSA) is 65.5 Å². The second kappa shape index (κ2) is 7.85. The Bertz CT molecular complexity index is 841. The van der Waals surface area contributed by atoms with Crippen LogP contribution in [0.1, 0.15) is 14.7 Å². The number of hydrogen-bond donors (Lipinski definition) is 0. The molecule has 124 valence electrons. The molecule has 0 radical (unpaired) electrons. The summed E-state index contributed by atoms with van der Waals surface area (Å²) in [4.78, 5) is 28.3. The summed E-state index contributed by atoms with van der Waals surface area (Å²) in [5.74, 6) is -0.876. The quantitative estimate of drug-likeness (QED) is 0.458. The zero-order valence-electron chi connectivity index (χ0n) is 12.4. The molecule has 3 rings (SSSR count). The number of hydrogen-bond acceptors (Lipinski definition) is 7. The number of aromatic nitrogens is 1. The summed E-state index contributed by atoms with van der Waals surface area (Å²) in [6.07, 6.45) is 0. The fourth-order valence-corrected chi connectivity index (χ4v) is 3.80. The average Bonchev–Trinajstić information content (AvgIpc) is 3.18. The number of ether oxygens (including phenoxy) is 2. The molecule has 1 aromatic carbocycles. The number of Topliss-reactive ketones (excluding diaryl/α,β-unsaturated/α-hetero) is 1. The first-order valence-corrected chi connectivity index (χ1v) is 8.99. The van der Waals surface area contributed by atoms with Crippen molar-refractivity contribution in [2.24, 2.45) is 0 Å². The van der Waals surface area contributed by atoms with Crippen LogP contribution in [0.2, 0.25) is 4.34 Å². The van der Waals surface area contributed by atoms with Gasteiger partial charge in [0.15, 0.2) is 6.61 Å². The first-order chi connectivity index (χ1) is 11.6. The number of benzene rings is 1. The Balaban J connectivity index is 1.41. The van der Waals surface area contributed by atoms with Gasteiger partial charge >= 0.3 is 5.97 Å². The molecule has 3 aromatic rings. The molecule has 2 aromatic heterocycles. The van der Waals surface area contributed by atoms with Crippen LogP contribution in [-0.2, 0) is 20.9 Å². The van der Waals surface area contributed by atoms with Gasteiger partial charge in [0.2, 0.25) is 5.78 Å². The summed E-state index contributed by atoms with van der Waals surface area (Å²) in [5.41, 5.74) is 0.906. The Morgan fingerprint density at radius 2 is 1.92 bits per heavy atom. The van der Waals surface area contributed by atoms with Crippen molar-refractivity contribution < 1.29 is 19.1 Å². The van der Waals surface area contributed by atoms with Crippen molar-refractivity contribution in [3.63, 3.8) is 0 Å². The van der Waals surface area contributed by atoms with Gasteiger partial charge in [-0.05, 0) is 24.3 Å². The molecule has 0 spiro atoms. The van der Waals surface area contributed by atoms with Crippen molar-refractivity contribution in [2.75, 3.05) is 13.2 Å². The molecule has 0 aliphatic heterocycles. The number of ketones is 1. The maximum Gasteiger partial charge on any atom is 0.332 e. The highest BCUT2D eigenvalue weighted by atomic mass is 35.5. The van der Waals surface area contributed by atoms with Gasteiger partial charge in [-0.1, -0.05) is 23.7 Å². The molecule has 5 nitrogen and oxygen atoms in total. The minimum absolute atomic E-state index is 0.225. The molecule has 0 aliphatic carbocycles. The molecule has 0 aliphatic rings. The zero-order chi connectivity index (χ0) is 16.9. The van der Waals surface area contributed by atoms with E-state index in [4.69, 9.17) is 21.1 Å². The van der Waals surface area contributed by atoms with Crippen LogP contribution in [0.3, 0.4) is 0 Å². The second-order valence-corrected chi connectivity index (χ2v) is 7.59. The molecular weight excluding hydrogens is 370 g/mol. The van der Waals surface area contributed by atoms with Crippen LogP contribution >= 0.6 is 34.3 Å². The third-order valence-electron chi connectivity index (χ3n) is 3.00. The lowest BCUT2D eigenvalue weighted by Crippen LogP contribution is -2.17. The number of para-hydroxylation sites is 1. The summed E-state index contributed by atoms with van der Waals surface area (Å²) < 4.78 is 11.8. The number of carbonyl (C=O) groups excluding carboxylic acids is 2. The van der Waals surface area contributed by atoms with Gasteiger partial charge in [0, 0.05) is 0 Å². The molecule has 8 heteroatoms. The van der Waals surface area contributed by atoms with E-state index in [-0.39, 0.29) is 25.6 Å². The van der Waals surface area contributed by atoms with Crippen LogP contribution in [0.5, 0.6) is 0 Å². The van der Waals surface area contributed by atoms with Crippen molar-refractivity contribution in [1.82, 2.24) is 4.98 Å². The Morgan fingerprint density at radius 3 is 2.67 bits per heavy atom. The van der Waals surface area contributed by atoms with E-state index in [1.165, 1.54) is 11.3 Å². The average molecular weight is 382 g/mol. The third kappa shape index (κ3) is 4.39. The Morgan fingerprint density at radius 1 is 1.08 bits per heavy atom. The monoisotopic (exact) mass is 381 g/mol. The van der Waals surface area contributed by atoms with Crippen LogP contribution in [-0.4, -0.2) is 30.0 Å². The van der Waals surface area contributed by atoms with Crippen LogP contribution in [0.15, 0.2) is 36.4 Å². The lowest BCUT2D eigenvalue weighted by molar-refractivity contribution is -0.148. The highest BCUT2D eigenvalue weighted by Crippen LogP contribution is 2.22. The molecule has 0 saturated carbocycles. The summed E-state index contributed by atoms with van der Waals surface area (Å²) >= 11 is 8.42. The molecule has 0 N–H and O–H groups in total. The van der Waals surface area contributed by atoms with Crippen molar-refractivity contribution in [3.8, 4) is 0 Å². The number of carbonyl (C=O) groups is 2. The van der Waals surface area contributed by atoms with Crippen molar-refractivity contribution in [3.05, 3.63) is 50.6 Å². The van der Waals surface area contributed by atoms with E-state index in [0.717, 1.165) is 26.6 Å². The van der Waals surface area contributed by atoms with E-state index >= 15 is 0 Å². The highest BCUT2D eigenvalue weighted by Gasteiger charge is 2.12. The van der Waals surface area contributed by atoms with Crippen LogP contribution < -0.4 is 0 Å². The predicted octanol–water partition coefficient (Wildman–Crippen LogP) is 3.95.